The van der Waals surface area contributed by atoms with Crippen LogP contribution in [0.15, 0.2) is 18.2 Å². The molecule has 0 amide bonds. The van der Waals surface area contributed by atoms with Crippen LogP contribution >= 0.6 is 33.9 Å². The molecule has 2 rings (SSSR count). The van der Waals surface area contributed by atoms with Crippen molar-refractivity contribution in [2.45, 2.75) is 32.3 Å². The summed E-state index contributed by atoms with van der Waals surface area (Å²) in [6.45, 7) is 5.29. The lowest BCUT2D eigenvalue weighted by Gasteiger charge is -2.22. The highest BCUT2D eigenvalue weighted by atomic mass is 127. The number of aryl methyl sites for hydroxylation is 1. The highest BCUT2D eigenvalue weighted by Crippen LogP contribution is 2.38. The predicted octanol–water partition coefficient (Wildman–Crippen LogP) is 3.85. The van der Waals surface area contributed by atoms with Gasteiger partial charge in [0.25, 0.3) is 0 Å². The third-order valence-electron chi connectivity index (χ3n) is 2.63. The quantitative estimate of drug-likeness (QED) is 0.461. The maximum absolute atomic E-state index is 11.5. The lowest BCUT2D eigenvalue weighted by molar-refractivity contribution is -0.145. The maximum atomic E-state index is 11.5. The maximum Gasteiger partial charge on any atom is 0.333 e. The molecule has 1 aliphatic carbocycles. The second-order valence-corrected chi connectivity index (χ2v) is 7.03. The molecule has 0 saturated heterocycles. The molecule has 1 aliphatic rings. The van der Waals surface area contributed by atoms with Crippen LogP contribution in [0.3, 0.4) is 0 Å². The van der Waals surface area contributed by atoms with Crippen molar-refractivity contribution in [2.24, 2.45) is 0 Å². The van der Waals surface area contributed by atoms with Crippen molar-refractivity contribution < 1.29 is 9.53 Å². The Morgan fingerprint density at radius 1 is 1.69 bits per heavy atom. The van der Waals surface area contributed by atoms with Crippen molar-refractivity contribution in [1.29, 1.82) is 0 Å². The Hall–Kier alpha value is -0.360. The van der Waals surface area contributed by atoms with E-state index in [1.165, 1.54) is 13.3 Å². The van der Waals surface area contributed by atoms with Gasteiger partial charge in [-0.3, -0.25) is 0 Å². The molecule has 1 unspecified atom stereocenters. The second kappa shape index (κ2) is 4.87. The van der Waals surface area contributed by atoms with Crippen molar-refractivity contribution in [3.8, 4) is 0 Å². The first-order valence-corrected chi connectivity index (χ1v) is 7.12. The van der Waals surface area contributed by atoms with Gasteiger partial charge >= 0.3 is 5.97 Å². The molecule has 0 saturated carbocycles. The number of carbonyl (C=O) groups is 1. The van der Waals surface area contributed by atoms with Gasteiger partial charge in [0.1, 0.15) is 6.10 Å². The van der Waals surface area contributed by atoms with Crippen molar-refractivity contribution in [3.05, 3.63) is 31.5 Å². The molecule has 1 aromatic rings. The zero-order chi connectivity index (χ0) is 11.7. The van der Waals surface area contributed by atoms with Crippen molar-refractivity contribution >= 4 is 39.9 Å². The number of ether oxygens (including phenoxy) is 1. The Kier molecular flexibility index (Phi) is 3.69. The van der Waals surface area contributed by atoms with Crippen molar-refractivity contribution in [3.63, 3.8) is 0 Å². The van der Waals surface area contributed by atoms with E-state index < -0.39 is 0 Å². The molecule has 0 spiro atoms. The van der Waals surface area contributed by atoms with Gasteiger partial charge in [-0.1, -0.05) is 6.58 Å². The Morgan fingerprint density at radius 2 is 2.44 bits per heavy atom. The molecule has 0 radical (unpaired) electrons. The summed E-state index contributed by atoms with van der Waals surface area (Å²) >= 11 is 4.12. The van der Waals surface area contributed by atoms with Crippen molar-refractivity contribution in [1.82, 2.24) is 0 Å². The number of thiophene rings is 1. The summed E-state index contributed by atoms with van der Waals surface area (Å²) in [4.78, 5) is 12.9. The summed E-state index contributed by atoms with van der Waals surface area (Å²) in [7, 11) is 0. The molecular weight excluding hydrogens is 335 g/mol. The molecule has 2 nitrogen and oxygen atoms in total. The number of rotatable bonds is 2. The van der Waals surface area contributed by atoms with Gasteiger partial charge in [-0.05, 0) is 54.8 Å². The normalized spacial score (nSPS) is 19.0. The molecule has 0 aromatic carbocycles. The van der Waals surface area contributed by atoms with Crippen LogP contribution in [0.5, 0.6) is 0 Å². The molecule has 0 N–H and O–H groups in total. The van der Waals surface area contributed by atoms with Crippen molar-refractivity contribution in [2.75, 3.05) is 0 Å². The molecule has 1 aromatic heterocycles. The van der Waals surface area contributed by atoms with E-state index in [9.17, 15) is 4.79 Å². The van der Waals surface area contributed by atoms with Gasteiger partial charge in [0.2, 0.25) is 0 Å². The highest BCUT2D eigenvalue weighted by Gasteiger charge is 2.25. The number of esters is 1. The fourth-order valence-corrected chi connectivity index (χ4v) is 3.94. The molecule has 0 fully saturated rings. The SMILES string of the molecule is C=C(C)C(=O)OC1CCCc2sc(I)cc21. The van der Waals surface area contributed by atoms with E-state index in [1.54, 1.807) is 18.3 Å². The summed E-state index contributed by atoms with van der Waals surface area (Å²) in [6.07, 6.45) is 3.08. The molecule has 86 valence electrons. The lowest BCUT2D eigenvalue weighted by atomic mass is 9.96. The minimum Gasteiger partial charge on any atom is -0.454 e. The van der Waals surface area contributed by atoms with E-state index in [2.05, 4.69) is 35.2 Å². The van der Waals surface area contributed by atoms with Gasteiger partial charge in [0, 0.05) is 16.0 Å². The van der Waals surface area contributed by atoms with E-state index >= 15 is 0 Å². The summed E-state index contributed by atoms with van der Waals surface area (Å²) in [5.74, 6) is -0.279. The van der Waals surface area contributed by atoms with Crippen LogP contribution in [-0.2, 0) is 16.0 Å². The van der Waals surface area contributed by atoms with Gasteiger partial charge in [0.15, 0.2) is 0 Å². The van der Waals surface area contributed by atoms with Crippen LogP contribution in [0, 0.1) is 2.88 Å². The average molecular weight is 348 g/mol. The van der Waals surface area contributed by atoms with E-state index in [4.69, 9.17) is 4.74 Å². The van der Waals surface area contributed by atoms with Crippen LogP contribution in [-0.4, -0.2) is 5.97 Å². The Labute approximate surface area is 113 Å². The molecule has 0 bridgehead atoms. The van der Waals surface area contributed by atoms with Gasteiger partial charge in [-0.15, -0.1) is 11.3 Å². The average Bonchev–Trinajstić information content (AvgIpc) is 2.59. The largest absolute Gasteiger partial charge is 0.454 e. The molecule has 4 heteroatoms. The monoisotopic (exact) mass is 348 g/mol. The molecule has 0 aliphatic heterocycles. The fourth-order valence-electron chi connectivity index (χ4n) is 1.83. The zero-order valence-corrected chi connectivity index (χ0v) is 12.1. The topological polar surface area (TPSA) is 26.3 Å². The van der Waals surface area contributed by atoms with E-state index in [1.807, 2.05) is 0 Å². The Balaban J connectivity index is 2.18. The fraction of sp³-hybridized carbons (Fsp3) is 0.417. The minimum atomic E-state index is -0.279. The van der Waals surface area contributed by atoms with E-state index in [-0.39, 0.29) is 12.1 Å². The van der Waals surface area contributed by atoms with Crippen LogP contribution < -0.4 is 0 Å². The molecule has 1 heterocycles. The number of carbonyl (C=O) groups excluding carboxylic acids is 1. The van der Waals surface area contributed by atoms with Gasteiger partial charge in [-0.25, -0.2) is 4.79 Å². The van der Waals surface area contributed by atoms with Gasteiger partial charge < -0.3 is 4.74 Å². The number of halogens is 1. The van der Waals surface area contributed by atoms with Gasteiger partial charge in [-0.2, -0.15) is 0 Å². The summed E-state index contributed by atoms with van der Waals surface area (Å²) in [5, 5.41) is 0. The summed E-state index contributed by atoms with van der Waals surface area (Å²) in [5.41, 5.74) is 1.67. The zero-order valence-electron chi connectivity index (χ0n) is 9.09. The minimum absolute atomic E-state index is 0.0623. The second-order valence-electron chi connectivity index (χ2n) is 4.00. The third-order valence-corrected chi connectivity index (χ3v) is 4.60. The predicted molar refractivity (Wildman–Crippen MR) is 73.6 cm³/mol. The lowest BCUT2D eigenvalue weighted by Crippen LogP contribution is -2.15. The number of fused-ring (bicyclic) bond motifs is 1. The summed E-state index contributed by atoms with van der Waals surface area (Å²) in [6, 6.07) is 2.14. The van der Waals surface area contributed by atoms with Crippen LogP contribution in [0.4, 0.5) is 0 Å². The third kappa shape index (κ3) is 2.48. The molecule has 16 heavy (non-hydrogen) atoms. The van der Waals surface area contributed by atoms with E-state index in [0.717, 1.165) is 19.3 Å². The molecular formula is C12H13IO2S. The Bertz CT molecular complexity index is 436. The Morgan fingerprint density at radius 3 is 3.12 bits per heavy atom. The first kappa shape index (κ1) is 12.1. The smallest absolute Gasteiger partial charge is 0.333 e. The van der Waals surface area contributed by atoms with Crippen LogP contribution in [0.1, 0.15) is 36.3 Å². The van der Waals surface area contributed by atoms with Gasteiger partial charge in [0.05, 0.1) is 2.88 Å². The first-order chi connectivity index (χ1) is 7.58. The van der Waals surface area contributed by atoms with Crippen LogP contribution in [0.25, 0.3) is 0 Å². The standard InChI is InChI=1S/C12H13IO2S/c1-7(2)12(14)15-9-4-3-5-10-8(9)6-11(13)16-10/h6,9H,1,3-5H2,2H3. The highest BCUT2D eigenvalue weighted by molar-refractivity contribution is 14.1. The number of hydrogen-bond donors (Lipinski definition) is 0. The summed E-state index contributed by atoms with van der Waals surface area (Å²) < 4.78 is 6.72. The number of hydrogen-bond acceptors (Lipinski definition) is 3. The van der Waals surface area contributed by atoms with Crippen LogP contribution in [0.2, 0.25) is 0 Å². The van der Waals surface area contributed by atoms with E-state index in [0.29, 0.717) is 5.57 Å². The molecule has 1 atom stereocenters. The first-order valence-electron chi connectivity index (χ1n) is 5.22.